The molecule has 2 nitrogen and oxygen atoms in total. The molecule has 3 heteroatoms. The zero-order valence-electron chi connectivity index (χ0n) is 10.1. The Morgan fingerprint density at radius 2 is 2.18 bits per heavy atom. The quantitative estimate of drug-likeness (QED) is 0.818. The highest BCUT2D eigenvalue weighted by Crippen LogP contribution is 2.35. The van der Waals surface area contributed by atoms with Gasteiger partial charge in [-0.05, 0) is 31.9 Å². The Bertz CT molecular complexity index is 364. The number of rotatable bonds is 4. The number of benzene rings is 1. The molecule has 2 unspecified atom stereocenters. The van der Waals surface area contributed by atoms with Crippen LogP contribution in [0.15, 0.2) is 35.2 Å². The standard InChI is InChI=1S/C14H18O2S/c1-11(15)10-12-6-5-9-16-14(12)17-13-7-3-2-4-8-13/h2-4,7-8,12,14H,5-6,9-10H2,1H3. The molecule has 1 aliphatic heterocycles. The average molecular weight is 250 g/mol. The lowest BCUT2D eigenvalue weighted by Gasteiger charge is -2.30. The van der Waals surface area contributed by atoms with E-state index >= 15 is 0 Å². The van der Waals surface area contributed by atoms with Crippen LogP contribution in [-0.4, -0.2) is 17.8 Å². The van der Waals surface area contributed by atoms with Crippen molar-refractivity contribution in [3.63, 3.8) is 0 Å². The molecule has 0 aliphatic carbocycles. The fourth-order valence-corrected chi connectivity index (χ4v) is 3.32. The molecule has 0 N–H and O–H groups in total. The van der Waals surface area contributed by atoms with E-state index < -0.39 is 0 Å². The van der Waals surface area contributed by atoms with Crippen LogP contribution in [0.4, 0.5) is 0 Å². The normalized spacial score (nSPS) is 24.5. The van der Waals surface area contributed by atoms with Crippen molar-refractivity contribution in [2.24, 2.45) is 5.92 Å². The highest BCUT2D eigenvalue weighted by Gasteiger charge is 2.27. The molecule has 92 valence electrons. The van der Waals surface area contributed by atoms with Gasteiger partial charge in [0.25, 0.3) is 0 Å². The Hall–Kier alpha value is -0.800. The second kappa shape index (κ2) is 6.22. The van der Waals surface area contributed by atoms with Crippen molar-refractivity contribution >= 4 is 17.5 Å². The van der Waals surface area contributed by atoms with E-state index in [4.69, 9.17) is 4.74 Å². The zero-order chi connectivity index (χ0) is 12.1. The SMILES string of the molecule is CC(=O)CC1CCCOC1Sc1ccccc1. The first-order valence-electron chi connectivity index (χ1n) is 6.08. The third kappa shape index (κ3) is 3.86. The molecule has 1 aromatic rings. The summed E-state index contributed by atoms with van der Waals surface area (Å²) in [6.07, 6.45) is 2.82. The number of carbonyl (C=O) groups is 1. The fourth-order valence-electron chi connectivity index (χ4n) is 2.15. The van der Waals surface area contributed by atoms with E-state index in [-0.39, 0.29) is 11.2 Å². The number of ketones is 1. The van der Waals surface area contributed by atoms with Gasteiger partial charge in [0.15, 0.2) is 0 Å². The maximum Gasteiger partial charge on any atom is 0.130 e. The van der Waals surface area contributed by atoms with Gasteiger partial charge in [-0.25, -0.2) is 0 Å². The molecule has 2 atom stereocenters. The zero-order valence-corrected chi connectivity index (χ0v) is 10.9. The van der Waals surface area contributed by atoms with E-state index in [1.165, 1.54) is 4.90 Å². The molecule has 1 aromatic carbocycles. The lowest BCUT2D eigenvalue weighted by molar-refractivity contribution is -0.119. The molecule has 0 amide bonds. The molecule has 0 spiro atoms. The summed E-state index contributed by atoms with van der Waals surface area (Å²) in [5.41, 5.74) is 0.134. The maximum absolute atomic E-state index is 11.2. The van der Waals surface area contributed by atoms with Crippen molar-refractivity contribution in [1.29, 1.82) is 0 Å². The van der Waals surface area contributed by atoms with Crippen LogP contribution in [0, 0.1) is 5.92 Å². The van der Waals surface area contributed by atoms with E-state index in [1.54, 1.807) is 18.7 Å². The van der Waals surface area contributed by atoms with E-state index in [0.29, 0.717) is 12.3 Å². The Balaban J connectivity index is 1.99. The smallest absolute Gasteiger partial charge is 0.130 e. The van der Waals surface area contributed by atoms with Gasteiger partial charge in [0.2, 0.25) is 0 Å². The lowest BCUT2D eigenvalue weighted by Crippen LogP contribution is -2.28. The molecule has 1 heterocycles. The minimum Gasteiger partial charge on any atom is -0.367 e. The van der Waals surface area contributed by atoms with Gasteiger partial charge in [0, 0.05) is 23.8 Å². The van der Waals surface area contributed by atoms with Crippen LogP contribution in [0.3, 0.4) is 0 Å². The highest BCUT2D eigenvalue weighted by atomic mass is 32.2. The number of ether oxygens (including phenoxy) is 1. The van der Waals surface area contributed by atoms with Gasteiger partial charge >= 0.3 is 0 Å². The van der Waals surface area contributed by atoms with E-state index in [1.807, 2.05) is 18.2 Å². The summed E-state index contributed by atoms with van der Waals surface area (Å²) >= 11 is 1.74. The summed E-state index contributed by atoms with van der Waals surface area (Å²) in [7, 11) is 0. The third-order valence-corrected chi connectivity index (χ3v) is 4.23. The second-order valence-corrected chi connectivity index (χ2v) is 5.65. The average Bonchev–Trinajstić information content (AvgIpc) is 2.32. The summed E-state index contributed by atoms with van der Waals surface area (Å²) in [5.74, 6) is 0.630. The van der Waals surface area contributed by atoms with Crippen LogP contribution < -0.4 is 0 Å². The van der Waals surface area contributed by atoms with E-state index in [0.717, 1.165) is 19.4 Å². The molecule has 2 rings (SSSR count). The van der Waals surface area contributed by atoms with Crippen LogP contribution >= 0.6 is 11.8 Å². The molecule has 0 saturated carbocycles. The van der Waals surface area contributed by atoms with Crippen molar-refractivity contribution < 1.29 is 9.53 Å². The Morgan fingerprint density at radius 1 is 1.41 bits per heavy atom. The predicted octanol–water partition coefficient (Wildman–Crippen LogP) is 3.51. The molecule has 0 bridgehead atoms. The Kier molecular flexibility index (Phi) is 4.63. The minimum atomic E-state index is 0.134. The summed E-state index contributed by atoms with van der Waals surface area (Å²) in [6.45, 7) is 2.48. The molecule has 1 aliphatic rings. The molecule has 0 aromatic heterocycles. The van der Waals surface area contributed by atoms with Crippen molar-refractivity contribution in [2.75, 3.05) is 6.61 Å². The van der Waals surface area contributed by atoms with Gasteiger partial charge in [-0.2, -0.15) is 0 Å². The van der Waals surface area contributed by atoms with Crippen LogP contribution in [0.1, 0.15) is 26.2 Å². The van der Waals surface area contributed by atoms with Crippen molar-refractivity contribution in [1.82, 2.24) is 0 Å². The van der Waals surface area contributed by atoms with Gasteiger partial charge in [0.1, 0.15) is 11.2 Å². The predicted molar refractivity (Wildman–Crippen MR) is 70.1 cm³/mol. The summed E-state index contributed by atoms with van der Waals surface area (Å²) in [6, 6.07) is 10.3. The van der Waals surface area contributed by atoms with Gasteiger partial charge in [-0.15, -0.1) is 0 Å². The number of carbonyl (C=O) groups excluding carboxylic acids is 1. The Labute approximate surface area is 107 Å². The van der Waals surface area contributed by atoms with Gasteiger partial charge in [0.05, 0.1) is 0 Å². The number of thioether (sulfide) groups is 1. The van der Waals surface area contributed by atoms with E-state index in [9.17, 15) is 4.79 Å². The van der Waals surface area contributed by atoms with E-state index in [2.05, 4.69) is 12.1 Å². The first-order chi connectivity index (χ1) is 8.25. The van der Waals surface area contributed by atoms with Crippen LogP contribution in [0.2, 0.25) is 0 Å². The summed E-state index contributed by atoms with van der Waals surface area (Å²) in [5, 5.41) is 0. The van der Waals surface area contributed by atoms with Gasteiger partial charge in [-0.1, -0.05) is 30.0 Å². The number of hydrogen-bond acceptors (Lipinski definition) is 3. The maximum atomic E-state index is 11.2. The van der Waals surface area contributed by atoms with Crippen LogP contribution in [-0.2, 0) is 9.53 Å². The highest BCUT2D eigenvalue weighted by molar-refractivity contribution is 7.99. The van der Waals surface area contributed by atoms with Gasteiger partial charge in [-0.3, -0.25) is 0 Å². The molecular weight excluding hydrogens is 232 g/mol. The van der Waals surface area contributed by atoms with Crippen LogP contribution in [0.25, 0.3) is 0 Å². The van der Waals surface area contributed by atoms with Crippen molar-refractivity contribution in [3.05, 3.63) is 30.3 Å². The number of hydrogen-bond donors (Lipinski definition) is 0. The second-order valence-electron chi connectivity index (χ2n) is 4.48. The van der Waals surface area contributed by atoms with Crippen molar-refractivity contribution in [2.45, 2.75) is 36.5 Å². The molecule has 1 saturated heterocycles. The Morgan fingerprint density at radius 3 is 2.88 bits per heavy atom. The van der Waals surface area contributed by atoms with Gasteiger partial charge < -0.3 is 9.53 Å². The first kappa shape index (κ1) is 12.7. The monoisotopic (exact) mass is 250 g/mol. The summed E-state index contributed by atoms with van der Waals surface area (Å²) in [4.78, 5) is 12.5. The van der Waals surface area contributed by atoms with Crippen molar-refractivity contribution in [3.8, 4) is 0 Å². The minimum absolute atomic E-state index is 0.134. The topological polar surface area (TPSA) is 26.3 Å². The summed E-state index contributed by atoms with van der Waals surface area (Å²) < 4.78 is 5.81. The first-order valence-corrected chi connectivity index (χ1v) is 6.96. The lowest BCUT2D eigenvalue weighted by atomic mass is 9.96. The fraction of sp³-hybridized carbons (Fsp3) is 0.500. The largest absolute Gasteiger partial charge is 0.367 e. The molecule has 17 heavy (non-hydrogen) atoms. The molecule has 1 fully saturated rings. The molecule has 0 radical (unpaired) electrons. The third-order valence-electron chi connectivity index (χ3n) is 2.93. The van der Waals surface area contributed by atoms with Crippen LogP contribution in [0.5, 0.6) is 0 Å². The molecular formula is C14H18O2S. The number of Topliss-reactive ketones (excluding diaryl/α,β-unsaturated/α-hetero) is 1.